The Labute approximate surface area is 114 Å². The van der Waals surface area contributed by atoms with E-state index in [4.69, 9.17) is 5.73 Å². The van der Waals surface area contributed by atoms with Crippen LogP contribution in [0.4, 0.5) is 11.6 Å². The van der Waals surface area contributed by atoms with Gasteiger partial charge in [0.2, 0.25) is 0 Å². The Kier molecular flexibility index (Phi) is 3.93. The molecule has 0 spiro atoms. The first-order chi connectivity index (χ1) is 8.94. The SMILES string of the molecule is CCCc1c(N)ncnc1N1CCS(=O)(=O)CC1C. The molecule has 0 amide bonds. The molecule has 1 aromatic rings. The second kappa shape index (κ2) is 5.32. The summed E-state index contributed by atoms with van der Waals surface area (Å²) in [7, 11) is -2.92. The summed E-state index contributed by atoms with van der Waals surface area (Å²) in [5.74, 6) is 1.62. The fourth-order valence-corrected chi connectivity index (χ4v) is 4.02. The van der Waals surface area contributed by atoms with Crippen molar-refractivity contribution in [2.75, 3.05) is 28.7 Å². The van der Waals surface area contributed by atoms with Gasteiger partial charge in [0.1, 0.15) is 18.0 Å². The normalized spacial score (nSPS) is 22.4. The van der Waals surface area contributed by atoms with Crippen molar-refractivity contribution < 1.29 is 8.42 Å². The van der Waals surface area contributed by atoms with Crippen molar-refractivity contribution in [1.82, 2.24) is 9.97 Å². The number of anilines is 2. The topological polar surface area (TPSA) is 89.2 Å². The van der Waals surface area contributed by atoms with Crippen LogP contribution in [0.15, 0.2) is 6.33 Å². The highest BCUT2D eigenvalue weighted by atomic mass is 32.2. The highest BCUT2D eigenvalue weighted by molar-refractivity contribution is 7.91. The molecular weight excluding hydrogens is 264 g/mol. The van der Waals surface area contributed by atoms with E-state index in [9.17, 15) is 8.42 Å². The summed E-state index contributed by atoms with van der Waals surface area (Å²) in [6.07, 6.45) is 3.20. The van der Waals surface area contributed by atoms with E-state index in [1.807, 2.05) is 11.8 Å². The summed E-state index contributed by atoms with van der Waals surface area (Å²) in [5.41, 5.74) is 6.84. The van der Waals surface area contributed by atoms with Crippen LogP contribution in [0.2, 0.25) is 0 Å². The van der Waals surface area contributed by atoms with E-state index in [0.29, 0.717) is 12.4 Å². The van der Waals surface area contributed by atoms with E-state index in [2.05, 4.69) is 16.9 Å². The summed E-state index contributed by atoms with van der Waals surface area (Å²) in [4.78, 5) is 10.4. The molecule has 1 aromatic heterocycles. The number of hydrogen-bond acceptors (Lipinski definition) is 6. The van der Waals surface area contributed by atoms with Gasteiger partial charge in [-0.3, -0.25) is 0 Å². The fourth-order valence-electron chi connectivity index (χ4n) is 2.47. The molecule has 1 aliphatic heterocycles. The van der Waals surface area contributed by atoms with Gasteiger partial charge >= 0.3 is 0 Å². The third-order valence-corrected chi connectivity index (χ3v) is 5.19. The first-order valence-corrected chi connectivity index (χ1v) is 8.33. The second-order valence-corrected chi connectivity index (χ2v) is 7.20. The maximum absolute atomic E-state index is 11.6. The van der Waals surface area contributed by atoms with Gasteiger partial charge in [-0.15, -0.1) is 0 Å². The van der Waals surface area contributed by atoms with E-state index in [0.717, 1.165) is 24.2 Å². The summed E-state index contributed by atoms with van der Waals surface area (Å²) in [6, 6.07) is -0.0799. The Morgan fingerprint density at radius 2 is 2.21 bits per heavy atom. The summed E-state index contributed by atoms with van der Waals surface area (Å²) < 4.78 is 23.3. The number of nitrogens with two attached hydrogens (primary N) is 1. The molecule has 1 atom stereocenters. The van der Waals surface area contributed by atoms with E-state index < -0.39 is 9.84 Å². The molecule has 7 heteroatoms. The predicted molar refractivity (Wildman–Crippen MR) is 75.9 cm³/mol. The molecule has 6 nitrogen and oxygen atoms in total. The molecule has 2 N–H and O–H groups in total. The maximum Gasteiger partial charge on any atom is 0.154 e. The van der Waals surface area contributed by atoms with Gasteiger partial charge in [0.15, 0.2) is 9.84 Å². The second-order valence-electron chi connectivity index (χ2n) is 4.97. The standard InChI is InChI=1S/C12H20N4O2S/c1-3-4-10-11(13)14-8-15-12(10)16-5-6-19(17,18)7-9(16)2/h8-9H,3-7H2,1-2H3,(H2,13,14,15). The first kappa shape index (κ1) is 14.0. The van der Waals surface area contributed by atoms with Gasteiger partial charge in [0.05, 0.1) is 11.5 Å². The number of nitrogens with zero attached hydrogens (tertiary/aromatic N) is 3. The third-order valence-electron chi connectivity index (χ3n) is 3.40. The Hall–Kier alpha value is -1.37. The van der Waals surface area contributed by atoms with Crippen LogP contribution in [0, 0.1) is 0 Å². The molecule has 1 aliphatic rings. The predicted octanol–water partition coefficient (Wildman–Crippen LogP) is 0.635. The van der Waals surface area contributed by atoms with Crippen molar-refractivity contribution in [3.05, 3.63) is 11.9 Å². The van der Waals surface area contributed by atoms with Gasteiger partial charge in [0.25, 0.3) is 0 Å². The Bertz CT molecular complexity index is 559. The van der Waals surface area contributed by atoms with Crippen molar-refractivity contribution >= 4 is 21.5 Å². The fraction of sp³-hybridized carbons (Fsp3) is 0.667. The lowest BCUT2D eigenvalue weighted by atomic mass is 10.1. The highest BCUT2D eigenvalue weighted by Crippen LogP contribution is 2.26. The quantitative estimate of drug-likeness (QED) is 0.876. The van der Waals surface area contributed by atoms with Gasteiger partial charge in [-0.05, 0) is 13.3 Å². The zero-order chi connectivity index (χ0) is 14.0. The zero-order valence-electron chi connectivity index (χ0n) is 11.3. The van der Waals surface area contributed by atoms with Crippen LogP contribution in [0.1, 0.15) is 25.8 Å². The first-order valence-electron chi connectivity index (χ1n) is 6.51. The average Bonchev–Trinajstić information content (AvgIpc) is 2.31. The number of nitrogen functional groups attached to an aromatic ring is 1. The van der Waals surface area contributed by atoms with Crippen LogP contribution in [0.3, 0.4) is 0 Å². The van der Waals surface area contributed by atoms with Gasteiger partial charge < -0.3 is 10.6 Å². The van der Waals surface area contributed by atoms with Crippen LogP contribution >= 0.6 is 0 Å². The smallest absolute Gasteiger partial charge is 0.154 e. The largest absolute Gasteiger partial charge is 0.383 e. The molecule has 0 radical (unpaired) electrons. The van der Waals surface area contributed by atoms with E-state index >= 15 is 0 Å². The molecule has 0 saturated carbocycles. The van der Waals surface area contributed by atoms with Crippen molar-refractivity contribution in [2.45, 2.75) is 32.7 Å². The molecule has 1 unspecified atom stereocenters. The van der Waals surface area contributed by atoms with Gasteiger partial charge in [-0.2, -0.15) is 0 Å². The molecular formula is C12H20N4O2S. The highest BCUT2D eigenvalue weighted by Gasteiger charge is 2.30. The van der Waals surface area contributed by atoms with Gasteiger partial charge in [-0.25, -0.2) is 18.4 Å². The molecule has 0 bridgehead atoms. The molecule has 0 aromatic carbocycles. The molecule has 19 heavy (non-hydrogen) atoms. The third kappa shape index (κ3) is 2.97. The van der Waals surface area contributed by atoms with Crippen LogP contribution in [0.5, 0.6) is 0 Å². The average molecular weight is 284 g/mol. The van der Waals surface area contributed by atoms with Crippen LogP contribution in [0.25, 0.3) is 0 Å². The molecule has 1 fully saturated rings. The number of hydrogen-bond donors (Lipinski definition) is 1. The van der Waals surface area contributed by atoms with Gasteiger partial charge in [0, 0.05) is 18.2 Å². The lowest BCUT2D eigenvalue weighted by Crippen LogP contribution is -2.47. The Balaban J connectivity index is 2.34. The van der Waals surface area contributed by atoms with Crippen LogP contribution in [-0.2, 0) is 16.3 Å². The number of sulfone groups is 1. The van der Waals surface area contributed by atoms with E-state index in [-0.39, 0.29) is 17.5 Å². The number of rotatable bonds is 3. The Morgan fingerprint density at radius 1 is 1.47 bits per heavy atom. The van der Waals surface area contributed by atoms with Crippen molar-refractivity contribution in [1.29, 1.82) is 0 Å². The van der Waals surface area contributed by atoms with Gasteiger partial charge in [-0.1, -0.05) is 13.3 Å². The van der Waals surface area contributed by atoms with Crippen molar-refractivity contribution in [3.8, 4) is 0 Å². The minimum Gasteiger partial charge on any atom is -0.383 e. The van der Waals surface area contributed by atoms with Crippen molar-refractivity contribution in [2.24, 2.45) is 0 Å². The van der Waals surface area contributed by atoms with Crippen LogP contribution in [-0.4, -0.2) is 42.5 Å². The number of aromatic nitrogens is 2. The monoisotopic (exact) mass is 284 g/mol. The van der Waals surface area contributed by atoms with Crippen molar-refractivity contribution in [3.63, 3.8) is 0 Å². The zero-order valence-corrected chi connectivity index (χ0v) is 12.2. The Morgan fingerprint density at radius 3 is 2.84 bits per heavy atom. The minimum atomic E-state index is -2.92. The van der Waals surface area contributed by atoms with E-state index in [1.54, 1.807) is 0 Å². The summed E-state index contributed by atoms with van der Waals surface area (Å²) in [5, 5.41) is 0. The lowest BCUT2D eigenvalue weighted by molar-refractivity contribution is 0.566. The molecule has 1 saturated heterocycles. The minimum absolute atomic E-state index is 0.0799. The molecule has 106 valence electrons. The van der Waals surface area contributed by atoms with E-state index in [1.165, 1.54) is 6.33 Å². The maximum atomic E-state index is 11.6. The molecule has 2 rings (SSSR count). The van der Waals surface area contributed by atoms with Crippen LogP contribution < -0.4 is 10.6 Å². The lowest BCUT2D eigenvalue weighted by Gasteiger charge is -2.35. The summed E-state index contributed by atoms with van der Waals surface area (Å²) >= 11 is 0. The molecule has 2 heterocycles. The summed E-state index contributed by atoms with van der Waals surface area (Å²) in [6.45, 7) is 4.45. The molecule has 0 aliphatic carbocycles.